The molecule has 4 nitrogen and oxygen atoms in total. The molecule has 1 amide bonds. The molecule has 2 atom stereocenters. The van der Waals surface area contributed by atoms with Crippen LogP contribution in [0.25, 0.3) is 0 Å². The highest BCUT2D eigenvalue weighted by Crippen LogP contribution is 2.23. The van der Waals surface area contributed by atoms with Crippen LogP contribution in [0.2, 0.25) is 0 Å². The van der Waals surface area contributed by atoms with E-state index in [-0.39, 0.29) is 6.04 Å². The molecule has 0 aromatic rings. The second-order valence-electron chi connectivity index (χ2n) is 6.43. The number of likely N-dealkylation sites (tertiary alicyclic amines) is 2. The first-order chi connectivity index (χ1) is 9.67. The maximum atomic E-state index is 12.8. The van der Waals surface area contributed by atoms with Crippen LogP contribution in [0.5, 0.6) is 0 Å². The van der Waals surface area contributed by atoms with E-state index < -0.39 is 0 Å². The molecule has 0 spiro atoms. The Hall–Kier alpha value is -0.610. The van der Waals surface area contributed by atoms with Gasteiger partial charge in [-0.2, -0.15) is 0 Å². The van der Waals surface area contributed by atoms with Crippen LogP contribution >= 0.6 is 0 Å². The van der Waals surface area contributed by atoms with Crippen molar-refractivity contribution >= 4 is 5.91 Å². The molecule has 0 saturated carbocycles. The summed E-state index contributed by atoms with van der Waals surface area (Å²) in [5.74, 6) is 0.755. The highest BCUT2D eigenvalue weighted by Gasteiger charge is 2.32. The van der Waals surface area contributed by atoms with Crippen molar-refractivity contribution < 1.29 is 9.90 Å². The maximum Gasteiger partial charge on any atom is 0.239 e. The highest BCUT2D eigenvalue weighted by atomic mass is 16.3. The van der Waals surface area contributed by atoms with Gasteiger partial charge in [0.2, 0.25) is 5.91 Å². The summed E-state index contributed by atoms with van der Waals surface area (Å²) in [6, 6.07) is 0.454. The topological polar surface area (TPSA) is 43.8 Å². The number of hydrogen-bond acceptors (Lipinski definition) is 3. The number of carbonyl (C=O) groups is 1. The van der Waals surface area contributed by atoms with Crippen LogP contribution in [0.1, 0.15) is 52.4 Å². The van der Waals surface area contributed by atoms with Gasteiger partial charge in [0.05, 0.1) is 6.04 Å². The highest BCUT2D eigenvalue weighted by molar-refractivity contribution is 5.82. The summed E-state index contributed by atoms with van der Waals surface area (Å²) in [4.78, 5) is 17.2. The third kappa shape index (κ3) is 3.53. The summed E-state index contributed by atoms with van der Waals surface area (Å²) in [5, 5.41) is 9.20. The van der Waals surface area contributed by atoms with Gasteiger partial charge in [0, 0.05) is 19.2 Å². The number of carbonyl (C=O) groups excluding carboxylic acids is 1. The van der Waals surface area contributed by atoms with Crippen molar-refractivity contribution in [1.29, 1.82) is 0 Å². The molecule has 2 fully saturated rings. The summed E-state index contributed by atoms with van der Waals surface area (Å²) in [7, 11) is 0. The second-order valence-corrected chi connectivity index (χ2v) is 6.43. The van der Waals surface area contributed by atoms with E-state index in [4.69, 9.17) is 0 Å². The number of aliphatic hydroxyl groups excluding tert-OH is 1. The Bertz CT molecular complexity index is 314. The summed E-state index contributed by atoms with van der Waals surface area (Å²) in [6.07, 6.45) is 6.70. The quantitative estimate of drug-likeness (QED) is 0.856. The molecule has 2 aliphatic heterocycles. The number of nitrogens with zero attached hydrogens (tertiary/aromatic N) is 2. The van der Waals surface area contributed by atoms with Crippen LogP contribution in [0.4, 0.5) is 0 Å². The molecule has 2 unspecified atom stereocenters. The zero-order chi connectivity index (χ0) is 14.5. The molecule has 20 heavy (non-hydrogen) atoms. The first-order valence-electron chi connectivity index (χ1n) is 8.32. The molecule has 4 heteroatoms. The van der Waals surface area contributed by atoms with Gasteiger partial charge in [-0.05, 0) is 64.5 Å². The Morgan fingerprint density at radius 2 is 1.90 bits per heavy atom. The van der Waals surface area contributed by atoms with E-state index in [1.165, 1.54) is 12.8 Å². The minimum absolute atomic E-state index is 0.00166. The third-order valence-electron chi connectivity index (χ3n) is 5.19. The van der Waals surface area contributed by atoms with Crippen molar-refractivity contribution in [2.24, 2.45) is 5.92 Å². The van der Waals surface area contributed by atoms with Gasteiger partial charge in [0.25, 0.3) is 0 Å². The van der Waals surface area contributed by atoms with Crippen LogP contribution in [0, 0.1) is 5.92 Å². The number of rotatable bonds is 4. The standard InChI is InChI=1S/C16H30N2O2/c1-3-15-6-4-5-9-18(15)16(20)13(2)17-10-7-14(12-19)8-11-17/h13-15,19H,3-12H2,1-2H3. The average molecular weight is 282 g/mol. The first kappa shape index (κ1) is 15.8. The average Bonchev–Trinajstić information content (AvgIpc) is 2.53. The van der Waals surface area contributed by atoms with Crippen molar-refractivity contribution in [3.63, 3.8) is 0 Å². The molecule has 2 saturated heterocycles. The lowest BCUT2D eigenvalue weighted by atomic mass is 9.95. The van der Waals surface area contributed by atoms with E-state index >= 15 is 0 Å². The first-order valence-corrected chi connectivity index (χ1v) is 8.32. The third-order valence-corrected chi connectivity index (χ3v) is 5.19. The molecular weight excluding hydrogens is 252 g/mol. The van der Waals surface area contributed by atoms with Gasteiger partial charge in [-0.1, -0.05) is 6.92 Å². The van der Waals surface area contributed by atoms with Crippen molar-refractivity contribution in [3.8, 4) is 0 Å². The molecule has 1 N–H and O–H groups in total. The Labute approximate surface area is 123 Å². The molecule has 116 valence electrons. The number of amides is 1. The predicted octanol–water partition coefficient (Wildman–Crippen LogP) is 1.87. The van der Waals surface area contributed by atoms with Gasteiger partial charge in [0.1, 0.15) is 0 Å². The molecule has 0 aliphatic carbocycles. The summed E-state index contributed by atoms with van der Waals surface area (Å²) >= 11 is 0. The van der Waals surface area contributed by atoms with E-state index in [1.54, 1.807) is 0 Å². The molecule has 0 aromatic carbocycles. The minimum Gasteiger partial charge on any atom is -0.396 e. The number of hydrogen-bond donors (Lipinski definition) is 1. The Morgan fingerprint density at radius 3 is 2.50 bits per heavy atom. The molecule has 0 aromatic heterocycles. The normalized spacial score (nSPS) is 27.6. The van der Waals surface area contributed by atoms with E-state index in [2.05, 4.69) is 23.6 Å². The SMILES string of the molecule is CCC1CCCCN1C(=O)C(C)N1CCC(CO)CC1. The van der Waals surface area contributed by atoms with Gasteiger partial charge >= 0.3 is 0 Å². The summed E-state index contributed by atoms with van der Waals surface area (Å²) < 4.78 is 0. The monoisotopic (exact) mass is 282 g/mol. The Morgan fingerprint density at radius 1 is 1.20 bits per heavy atom. The largest absolute Gasteiger partial charge is 0.396 e. The van der Waals surface area contributed by atoms with Gasteiger partial charge in [-0.3, -0.25) is 9.69 Å². The van der Waals surface area contributed by atoms with Gasteiger partial charge < -0.3 is 10.0 Å². The maximum absolute atomic E-state index is 12.8. The lowest BCUT2D eigenvalue weighted by Crippen LogP contribution is -2.53. The van der Waals surface area contributed by atoms with E-state index in [1.807, 2.05) is 0 Å². The summed E-state index contributed by atoms with van der Waals surface area (Å²) in [6.45, 7) is 7.37. The van der Waals surface area contributed by atoms with Gasteiger partial charge in [-0.15, -0.1) is 0 Å². The molecular formula is C16H30N2O2. The van der Waals surface area contributed by atoms with E-state index in [0.717, 1.165) is 45.3 Å². The predicted molar refractivity (Wildman–Crippen MR) is 80.5 cm³/mol. The van der Waals surface area contributed by atoms with Crippen LogP contribution in [-0.4, -0.2) is 59.1 Å². The lowest BCUT2D eigenvalue weighted by molar-refractivity contribution is -0.140. The lowest BCUT2D eigenvalue weighted by Gasteiger charge is -2.41. The molecule has 2 rings (SSSR count). The van der Waals surface area contributed by atoms with Crippen molar-refractivity contribution in [1.82, 2.24) is 9.80 Å². The molecule has 2 aliphatic rings. The van der Waals surface area contributed by atoms with Crippen molar-refractivity contribution in [2.75, 3.05) is 26.2 Å². The smallest absolute Gasteiger partial charge is 0.239 e. The fraction of sp³-hybridized carbons (Fsp3) is 0.938. The fourth-order valence-corrected chi connectivity index (χ4v) is 3.63. The van der Waals surface area contributed by atoms with E-state index in [0.29, 0.717) is 24.5 Å². The number of piperidine rings is 2. The zero-order valence-corrected chi connectivity index (χ0v) is 13.1. The van der Waals surface area contributed by atoms with Crippen LogP contribution < -0.4 is 0 Å². The van der Waals surface area contributed by atoms with Crippen LogP contribution in [0.15, 0.2) is 0 Å². The fourth-order valence-electron chi connectivity index (χ4n) is 3.63. The van der Waals surface area contributed by atoms with E-state index in [9.17, 15) is 9.90 Å². The van der Waals surface area contributed by atoms with Crippen molar-refractivity contribution in [2.45, 2.75) is 64.5 Å². The number of aliphatic hydroxyl groups is 1. The van der Waals surface area contributed by atoms with Crippen molar-refractivity contribution in [3.05, 3.63) is 0 Å². The van der Waals surface area contributed by atoms with Gasteiger partial charge in [-0.25, -0.2) is 0 Å². The second kappa shape index (κ2) is 7.41. The Balaban J connectivity index is 1.91. The Kier molecular flexibility index (Phi) is 5.85. The minimum atomic E-state index is 0.00166. The zero-order valence-electron chi connectivity index (χ0n) is 13.1. The summed E-state index contributed by atoms with van der Waals surface area (Å²) in [5.41, 5.74) is 0. The molecule has 2 heterocycles. The molecule has 0 radical (unpaired) electrons. The van der Waals surface area contributed by atoms with Gasteiger partial charge in [0.15, 0.2) is 0 Å². The van der Waals surface area contributed by atoms with Crippen LogP contribution in [-0.2, 0) is 4.79 Å². The molecule has 0 bridgehead atoms. The van der Waals surface area contributed by atoms with Crippen LogP contribution in [0.3, 0.4) is 0 Å².